The molecule has 0 spiro atoms. The van der Waals surface area contributed by atoms with Gasteiger partial charge in [-0.2, -0.15) is 0 Å². The second kappa shape index (κ2) is 5.48. The molecule has 0 saturated heterocycles. The van der Waals surface area contributed by atoms with Crippen LogP contribution in [-0.4, -0.2) is 27.1 Å². The summed E-state index contributed by atoms with van der Waals surface area (Å²) in [6, 6.07) is 6.29. The van der Waals surface area contributed by atoms with Crippen LogP contribution < -0.4 is 0 Å². The molecule has 5 nitrogen and oxygen atoms in total. The Morgan fingerprint density at radius 3 is 2.61 bits per heavy atom. The highest BCUT2D eigenvalue weighted by Gasteiger charge is 2.27. The average molecular weight is 315 g/mol. The molecule has 0 N–H and O–H groups in total. The molecule has 1 aromatic rings. The van der Waals surface area contributed by atoms with Crippen molar-refractivity contribution < 1.29 is 9.72 Å². The van der Waals surface area contributed by atoms with Crippen LogP contribution in [-0.2, 0) is 11.3 Å². The molecule has 0 aliphatic carbocycles. The molecule has 0 heterocycles. The predicted molar refractivity (Wildman–Crippen MR) is 72.6 cm³/mol. The Balaban J connectivity index is 2.82. The van der Waals surface area contributed by atoms with Gasteiger partial charge in [0.1, 0.15) is 0 Å². The summed E-state index contributed by atoms with van der Waals surface area (Å²) >= 11 is 3.30. The number of amides is 1. The van der Waals surface area contributed by atoms with Gasteiger partial charge in [0.15, 0.2) is 0 Å². The van der Waals surface area contributed by atoms with Crippen LogP contribution in [0.2, 0.25) is 0 Å². The zero-order valence-corrected chi connectivity index (χ0v) is 12.1. The summed E-state index contributed by atoms with van der Waals surface area (Å²) in [5.74, 6) is -0.0750. The Hall–Kier alpha value is -1.43. The lowest BCUT2D eigenvalue weighted by Gasteiger charge is -2.24. The summed E-state index contributed by atoms with van der Waals surface area (Å²) in [5, 5.41) is 10.6. The molecule has 0 fully saturated rings. The van der Waals surface area contributed by atoms with Crippen molar-refractivity contribution in [1.29, 1.82) is 0 Å². The lowest BCUT2D eigenvalue weighted by Crippen LogP contribution is -2.38. The third-order valence-electron chi connectivity index (χ3n) is 2.40. The second-order valence-corrected chi connectivity index (χ2v) is 6.54. The fourth-order valence-corrected chi connectivity index (χ4v) is 1.87. The van der Waals surface area contributed by atoms with Gasteiger partial charge < -0.3 is 4.90 Å². The maximum absolute atomic E-state index is 11.9. The number of nitrogens with zero attached hydrogens (tertiary/aromatic N) is 2. The van der Waals surface area contributed by atoms with Gasteiger partial charge in [0, 0.05) is 25.7 Å². The molecule has 98 valence electrons. The Morgan fingerprint density at radius 1 is 1.50 bits per heavy atom. The van der Waals surface area contributed by atoms with Crippen molar-refractivity contribution in [3.05, 3.63) is 39.9 Å². The first-order chi connectivity index (χ1) is 8.21. The van der Waals surface area contributed by atoms with Gasteiger partial charge in [-0.15, -0.1) is 0 Å². The zero-order chi connectivity index (χ0) is 13.9. The summed E-state index contributed by atoms with van der Waals surface area (Å²) in [5.41, 5.74) is 0.767. The van der Waals surface area contributed by atoms with Gasteiger partial charge in [0.25, 0.3) is 5.69 Å². The molecular formula is C12H15BrN2O3. The first-order valence-electron chi connectivity index (χ1n) is 5.39. The number of carbonyl (C=O) groups excluding carboxylic acids is 1. The van der Waals surface area contributed by atoms with Crippen molar-refractivity contribution in [3.8, 4) is 0 Å². The molecule has 0 atom stereocenters. The SMILES string of the molecule is CN(Cc1cccc([N+](=O)[O-])c1)C(=O)C(C)(C)Br. The quantitative estimate of drug-likeness (QED) is 0.487. The fraction of sp³-hybridized carbons (Fsp3) is 0.417. The smallest absolute Gasteiger partial charge is 0.269 e. The molecule has 0 aliphatic heterocycles. The minimum absolute atomic E-state index is 0.0338. The Kier molecular flexibility index (Phi) is 4.45. The van der Waals surface area contributed by atoms with E-state index in [0.717, 1.165) is 5.56 Å². The largest absolute Gasteiger partial charge is 0.340 e. The fourth-order valence-electron chi connectivity index (χ4n) is 1.57. The van der Waals surface area contributed by atoms with Crippen molar-refractivity contribution in [3.63, 3.8) is 0 Å². The van der Waals surface area contributed by atoms with Gasteiger partial charge in [-0.05, 0) is 19.4 Å². The molecule has 1 amide bonds. The van der Waals surface area contributed by atoms with Crippen molar-refractivity contribution >= 4 is 27.5 Å². The monoisotopic (exact) mass is 314 g/mol. The van der Waals surface area contributed by atoms with Gasteiger partial charge in [0.05, 0.1) is 9.25 Å². The van der Waals surface area contributed by atoms with Crippen LogP contribution in [0.1, 0.15) is 19.4 Å². The number of carbonyl (C=O) groups is 1. The van der Waals surface area contributed by atoms with E-state index >= 15 is 0 Å². The highest BCUT2D eigenvalue weighted by atomic mass is 79.9. The number of hydrogen-bond donors (Lipinski definition) is 0. The standard InChI is InChI=1S/C12H15BrN2O3/c1-12(2,13)11(16)14(3)8-9-5-4-6-10(7-9)15(17)18/h4-7H,8H2,1-3H3. The van der Waals surface area contributed by atoms with Crippen LogP contribution in [0.3, 0.4) is 0 Å². The molecule has 0 bridgehead atoms. The number of nitro benzene ring substituents is 1. The maximum atomic E-state index is 11.9. The van der Waals surface area contributed by atoms with Crippen molar-refractivity contribution in [2.24, 2.45) is 0 Å². The minimum Gasteiger partial charge on any atom is -0.340 e. The summed E-state index contributed by atoms with van der Waals surface area (Å²) < 4.78 is -0.636. The molecule has 0 radical (unpaired) electrons. The van der Waals surface area contributed by atoms with Crippen molar-refractivity contribution in [2.75, 3.05) is 7.05 Å². The van der Waals surface area contributed by atoms with Crippen LogP contribution in [0.15, 0.2) is 24.3 Å². The van der Waals surface area contributed by atoms with Crippen LogP contribution in [0.5, 0.6) is 0 Å². The van der Waals surface area contributed by atoms with E-state index in [1.54, 1.807) is 33.0 Å². The molecule has 0 unspecified atom stereocenters. The topological polar surface area (TPSA) is 63.4 Å². The van der Waals surface area contributed by atoms with Crippen molar-refractivity contribution in [1.82, 2.24) is 4.90 Å². The van der Waals surface area contributed by atoms with E-state index in [1.165, 1.54) is 17.0 Å². The highest BCUT2D eigenvalue weighted by Crippen LogP contribution is 2.20. The molecule has 1 aromatic carbocycles. The van der Waals surface area contributed by atoms with Crippen molar-refractivity contribution in [2.45, 2.75) is 24.7 Å². The number of rotatable bonds is 4. The third kappa shape index (κ3) is 3.80. The summed E-state index contributed by atoms with van der Waals surface area (Å²) in [4.78, 5) is 23.7. The van der Waals surface area contributed by atoms with Crippen LogP contribution in [0.4, 0.5) is 5.69 Å². The maximum Gasteiger partial charge on any atom is 0.269 e. The second-order valence-electron chi connectivity index (χ2n) is 4.56. The van der Waals surface area contributed by atoms with E-state index in [0.29, 0.717) is 6.54 Å². The van der Waals surface area contributed by atoms with Gasteiger partial charge in [-0.25, -0.2) is 0 Å². The number of benzene rings is 1. The number of nitro groups is 1. The van der Waals surface area contributed by atoms with E-state index in [1.807, 2.05) is 0 Å². The Bertz CT molecular complexity index is 469. The molecule has 1 rings (SSSR count). The summed E-state index contributed by atoms with van der Waals surface area (Å²) in [6.07, 6.45) is 0. The molecular weight excluding hydrogens is 300 g/mol. The first kappa shape index (κ1) is 14.6. The van der Waals surface area contributed by atoms with Gasteiger partial charge in [-0.1, -0.05) is 28.1 Å². The van der Waals surface area contributed by atoms with Crippen LogP contribution in [0.25, 0.3) is 0 Å². The average Bonchev–Trinajstić information content (AvgIpc) is 2.27. The Labute approximate surface area is 114 Å². The van der Waals surface area contributed by atoms with Gasteiger partial charge in [-0.3, -0.25) is 14.9 Å². The molecule has 18 heavy (non-hydrogen) atoms. The van der Waals surface area contributed by atoms with E-state index in [4.69, 9.17) is 0 Å². The number of non-ortho nitro benzene ring substituents is 1. The van der Waals surface area contributed by atoms with Crippen LogP contribution >= 0.6 is 15.9 Å². The molecule has 0 aromatic heterocycles. The minimum atomic E-state index is -0.636. The summed E-state index contributed by atoms with van der Waals surface area (Å²) in [7, 11) is 1.67. The normalized spacial score (nSPS) is 11.1. The predicted octanol–water partition coefficient (Wildman–Crippen LogP) is 2.73. The molecule has 0 aliphatic rings. The third-order valence-corrected chi connectivity index (χ3v) is 2.74. The first-order valence-corrected chi connectivity index (χ1v) is 6.19. The lowest BCUT2D eigenvalue weighted by molar-refractivity contribution is -0.384. The van der Waals surface area contributed by atoms with Gasteiger partial charge >= 0.3 is 0 Å². The molecule has 0 saturated carbocycles. The van der Waals surface area contributed by atoms with E-state index in [-0.39, 0.29) is 11.6 Å². The highest BCUT2D eigenvalue weighted by molar-refractivity contribution is 9.10. The van der Waals surface area contributed by atoms with E-state index < -0.39 is 9.25 Å². The van der Waals surface area contributed by atoms with E-state index in [9.17, 15) is 14.9 Å². The summed E-state index contributed by atoms with van der Waals surface area (Å²) in [6.45, 7) is 3.87. The van der Waals surface area contributed by atoms with E-state index in [2.05, 4.69) is 15.9 Å². The molecule has 6 heteroatoms. The van der Waals surface area contributed by atoms with Gasteiger partial charge in [0.2, 0.25) is 5.91 Å². The Morgan fingerprint density at radius 2 is 2.11 bits per heavy atom. The lowest BCUT2D eigenvalue weighted by atomic mass is 10.1. The number of hydrogen-bond acceptors (Lipinski definition) is 3. The number of alkyl halides is 1. The number of halogens is 1. The van der Waals surface area contributed by atoms with Crippen LogP contribution in [0, 0.1) is 10.1 Å². The zero-order valence-electron chi connectivity index (χ0n) is 10.5.